The summed E-state index contributed by atoms with van der Waals surface area (Å²) in [5.74, 6) is -1.02. The van der Waals surface area contributed by atoms with E-state index in [9.17, 15) is 18.0 Å². The summed E-state index contributed by atoms with van der Waals surface area (Å²) in [7, 11) is -3.28. The molecule has 7 nitrogen and oxygen atoms in total. The van der Waals surface area contributed by atoms with E-state index in [-0.39, 0.29) is 28.4 Å². The lowest BCUT2D eigenvalue weighted by Gasteiger charge is -2.39. The molecular formula is C26H26N2O5S. The van der Waals surface area contributed by atoms with E-state index in [1.165, 1.54) is 6.26 Å². The molecule has 176 valence electrons. The minimum atomic E-state index is -3.28. The Labute approximate surface area is 199 Å². The van der Waals surface area contributed by atoms with Crippen LogP contribution in [0.1, 0.15) is 42.2 Å². The van der Waals surface area contributed by atoms with Gasteiger partial charge in [0.25, 0.3) is 0 Å². The van der Waals surface area contributed by atoms with Gasteiger partial charge in [0.1, 0.15) is 0 Å². The van der Waals surface area contributed by atoms with E-state index in [0.29, 0.717) is 6.42 Å². The molecule has 0 saturated heterocycles. The first-order valence-corrected chi connectivity index (χ1v) is 12.8. The molecule has 0 aliphatic carbocycles. The van der Waals surface area contributed by atoms with Crippen LogP contribution in [-0.2, 0) is 14.6 Å². The van der Waals surface area contributed by atoms with Gasteiger partial charge in [0.05, 0.1) is 16.5 Å². The molecular weight excluding hydrogens is 452 g/mol. The molecule has 1 aliphatic rings. The Balaban J connectivity index is 1.73. The summed E-state index contributed by atoms with van der Waals surface area (Å²) in [6.45, 7) is 3.56. The Bertz CT molecular complexity index is 1350. The fraction of sp³-hybridized carbons (Fsp3) is 0.231. The molecule has 3 aromatic carbocycles. The number of aromatic carboxylic acids is 1. The summed E-state index contributed by atoms with van der Waals surface area (Å²) < 4.78 is 23.6. The van der Waals surface area contributed by atoms with Gasteiger partial charge in [0, 0.05) is 30.6 Å². The maximum Gasteiger partial charge on any atom is 0.335 e. The molecule has 1 aliphatic heterocycles. The third-order valence-electron chi connectivity index (χ3n) is 6.11. The van der Waals surface area contributed by atoms with Crippen LogP contribution in [0.3, 0.4) is 0 Å². The van der Waals surface area contributed by atoms with Crippen LogP contribution in [0.5, 0.6) is 0 Å². The van der Waals surface area contributed by atoms with Crippen molar-refractivity contribution in [1.29, 1.82) is 0 Å². The van der Waals surface area contributed by atoms with E-state index in [0.717, 1.165) is 28.1 Å². The monoisotopic (exact) mass is 478 g/mol. The summed E-state index contributed by atoms with van der Waals surface area (Å²) >= 11 is 0. The molecule has 0 fully saturated rings. The lowest BCUT2D eigenvalue weighted by atomic mass is 9.88. The number of carbonyl (C=O) groups excluding carboxylic acids is 1. The van der Waals surface area contributed by atoms with Gasteiger partial charge in [-0.15, -0.1) is 0 Å². The van der Waals surface area contributed by atoms with Crippen LogP contribution in [0.15, 0.2) is 71.6 Å². The van der Waals surface area contributed by atoms with Crippen molar-refractivity contribution in [3.8, 4) is 11.1 Å². The highest BCUT2D eigenvalue weighted by molar-refractivity contribution is 7.90. The first-order valence-electron chi connectivity index (χ1n) is 10.9. The van der Waals surface area contributed by atoms with Crippen LogP contribution in [0.2, 0.25) is 0 Å². The topological polar surface area (TPSA) is 104 Å². The van der Waals surface area contributed by atoms with Crippen molar-refractivity contribution >= 4 is 33.1 Å². The average molecular weight is 479 g/mol. The minimum Gasteiger partial charge on any atom is -0.478 e. The summed E-state index contributed by atoms with van der Waals surface area (Å²) in [5, 5.41) is 12.7. The first-order chi connectivity index (χ1) is 16.0. The zero-order valence-electron chi connectivity index (χ0n) is 19.1. The summed E-state index contributed by atoms with van der Waals surface area (Å²) in [6.07, 6.45) is 1.84. The van der Waals surface area contributed by atoms with E-state index >= 15 is 0 Å². The van der Waals surface area contributed by atoms with Gasteiger partial charge in [-0.25, -0.2) is 13.2 Å². The van der Waals surface area contributed by atoms with E-state index < -0.39 is 15.8 Å². The predicted molar refractivity (Wildman–Crippen MR) is 132 cm³/mol. The second-order valence-electron chi connectivity index (χ2n) is 8.62. The first kappa shape index (κ1) is 23.5. The molecule has 0 bridgehead atoms. The van der Waals surface area contributed by atoms with Crippen molar-refractivity contribution in [2.45, 2.75) is 37.2 Å². The van der Waals surface area contributed by atoms with Crippen LogP contribution in [0.25, 0.3) is 11.1 Å². The number of hydrogen-bond donors (Lipinski definition) is 2. The Morgan fingerprint density at radius 1 is 0.971 bits per heavy atom. The number of nitrogens with zero attached hydrogens (tertiary/aromatic N) is 1. The van der Waals surface area contributed by atoms with Crippen LogP contribution in [-0.4, -0.2) is 37.7 Å². The third-order valence-corrected chi connectivity index (χ3v) is 7.24. The van der Waals surface area contributed by atoms with Crippen LogP contribution >= 0.6 is 0 Å². The zero-order valence-corrected chi connectivity index (χ0v) is 20.0. The second-order valence-corrected chi connectivity index (χ2v) is 10.6. The molecule has 0 unspecified atom stereocenters. The van der Waals surface area contributed by atoms with Gasteiger partial charge < -0.3 is 15.3 Å². The highest BCUT2D eigenvalue weighted by Gasteiger charge is 2.32. The third kappa shape index (κ3) is 4.68. The molecule has 34 heavy (non-hydrogen) atoms. The number of carboxylic acids is 1. The molecule has 1 heterocycles. The summed E-state index contributed by atoms with van der Waals surface area (Å²) in [4.78, 5) is 25.6. The molecule has 8 heteroatoms. The molecule has 3 aromatic rings. The largest absolute Gasteiger partial charge is 0.478 e. The van der Waals surface area contributed by atoms with Crippen molar-refractivity contribution in [2.24, 2.45) is 0 Å². The maximum absolute atomic E-state index is 12.4. The normalized spacial score (nSPS) is 17.7. The van der Waals surface area contributed by atoms with E-state index in [4.69, 9.17) is 5.11 Å². The van der Waals surface area contributed by atoms with Gasteiger partial charge in [0.2, 0.25) is 5.91 Å². The fourth-order valence-corrected chi connectivity index (χ4v) is 5.10. The lowest BCUT2D eigenvalue weighted by molar-refractivity contribution is -0.117. The van der Waals surface area contributed by atoms with Crippen LogP contribution < -0.4 is 10.2 Å². The molecule has 0 radical (unpaired) electrons. The Hall–Kier alpha value is -3.65. The number of carboxylic acid groups (broad SMARTS) is 1. The second kappa shape index (κ2) is 8.95. The number of sulfone groups is 1. The van der Waals surface area contributed by atoms with Crippen molar-refractivity contribution in [3.05, 3.63) is 77.9 Å². The number of nitrogens with one attached hydrogen (secondary N) is 1. The van der Waals surface area contributed by atoms with Gasteiger partial charge in [-0.3, -0.25) is 4.79 Å². The number of anilines is 2. The molecule has 1 amide bonds. The molecule has 0 aromatic heterocycles. The van der Waals surface area contributed by atoms with Gasteiger partial charge in [-0.2, -0.15) is 0 Å². The quantitative estimate of drug-likeness (QED) is 0.548. The fourth-order valence-electron chi connectivity index (χ4n) is 4.46. The molecule has 4 rings (SSSR count). The highest BCUT2D eigenvalue weighted by Crippen LogP contribution is 2.41. The Morgan fingerprint density at radius 2 is 1.59 bits per heavy atom. The maximum atomic E-state index is 12.4. The van der Waals surface area contributed by atoms with Gasteiger partial charge in [-0.05, 0) is 78.6 Å². The highest BCUT2D eigenvalue weighted by atomic mass is 32.2. The minimum absolute atomic E-state index is 0.0292. The number of hydrogen-bond acceptors (Lipinski definition) is 5. The number of amides is 1. The van der Waals surface area contributed by atoms with Crippen LogP contribution in [0, 0.1) is 0 Å². The van der Waals surface area contributed by atoms with Crippen molar-refractivity contribution < 1.29 is 23.1 Å². The van der Waals surface area contributed by atoms with Crippen LogP contribution in [0.4, 0.5) is 11.4 Å². The number of carbonyl (C=O) groups is 2. The van der Waals surface area contributed by atoms with Crippen molar-refractivity contribution in [3.63, 3.8) is 0 Å². The van der Waals surface area contributed by atoms with E-state index in [2.05, 4.69) is 5.32 Å². The van der Waals surface area contributed by atoms with E-state index in [1.807, 2.05) is 25.1 Å². The van der Waals surface area contributed by atoms with Gasteiger partial charge in [0.15, 0.2) is 9.84 Å². The number of rotatable bonds is 5. The van der Waals surface area contributed by atoms with Gasteiger partial charge in [-0.1, -0.05) is 18.2 Å². The standard InChI is InChI=1S/C26H26N2O5S/c1-16-14-24(27-21-9-11-22(12-10-21)34(3,32)33)23-15-20(8-13-25(23)28(16)17(2)29)18-4-6-19(7-5-18)26(30)31/h4-13,15-16,24,27H,14H2,1-3H3,(H,30,31)/t16-,24+/m1/s1. The number of benzene rings is 3. The Morgan fingerprint density at radius 3 is 2.15 bits per heavy atom. The zero-order chi connectivity index (χ0) is 24.6. The SMILES string of the molecule is CC(=O)N1c2ccc(-c3ccc(C(=O)O)cc3)cc2[C@@H](Nc2ccc(S(C)(=O)=O)cc2)C[C@H]1C. The number of fused-ring (bicyclic) bond motifs is 1. The summed E-state index contributed by atoms with van der Waals surface area (Å²) in [6, 6.07) is 19.1. The summed E-state index contributed by atoms with van der Waals surface area (Å²) in [5.41, 5.74) is 4.55. The molecule has 0 saturated carbocycles. The average Bonchev–Trinajstić information content (AvgIpc) is 2.78. The van der Waals surface area contributed by atoms with Gasteiger partial charge >= 0.3 is 5.97 Å². The molecule has 2 N–H and O–H groups in total. The van der Waals surface area contributed by atoms with Crippen molar-refractivity contribution in [1.82, 2.24) is 0 Å². The Kier molecular flexibility index (Phi) is 6.18. The molecule has 2 atom stereocenters. The smallest absolute Gasteiger partial charge is 0.335 e. The molecule has 0 spiro atoms. The van der Waals surface area contributed by atoms with E-state index in [1.54, 1.807) is 60.4 Å². The van der Waals surface area contributed by atoms with Crippen molar-refractivity contribution in [2.75, 3.05) is 16.5 Å². The lowest BCUT2D eigenvalue weighted by Crippen LogP contribution is -2.43. The predicted octanol–water partition coefficient (Wildman–Crippen LogP) is 4.75.